The van der Waals surface area contributed by atoms with Crippen LogP contribution in [0.1, 0.15) is 26.2 Å². The monoisotopic (exact) mass is 227 g/mol. The fourth-order valence-electron chi connectivity index (χ4n) is 0.543. The van der Waals surface area contributed by atoms with Crippen LogP contribution in [0.4, 0.5) is 0 Å². The molecule has 0 saturated heterocycles. The lowest BCUT2D eigenvalue weighted by molar-refractivity contribution is 0.707. The first-order valence-electron chi connectivity index (χ1n) is 3.15. The summed E-state index contributed by atoms with van der Waals surface area (Å²) in [6.45, 7) is 3.06. The SMILES string of the molecule is CCC(I)CCCN. The van der Waals surface area contributed by atoms with E-state index in [0.29, 0.717) is 0 Å². The normalized spacial score (nSPS) is 13.9. The zero-order valence-corrected chi connectivity index (χ0v) is 7.52. The fourth-order valence-corrected chi connectivity index (χ4v) is 0.984. The van der Waals surface area contributed by atoms with Gasteiger partial charge in [0.05, 0.1) is 0 Å². The predicted octanol–water partition coefficient (Wildman–Crippen LogP) is 1.94. The third kappa shape index (κ3) is 4.84. The van der Waals surface area contributed by atoms with E-state index in [2.05, 4.69) is 29.5 Å². The van der Waals surface area contributed by atoms with Crippen LogP contribution < -0.4 is 5.73 Å². The van der Waals surface area contributed by atoms with Gasteiger partial charge in [0.15, 0.2) is 0 Å². The van der Waals surface area contributed by atoms with Crippen LogP contribution >= 0.6 is 22.6 Å². The van der Waals surface area contributed by atoms with Gasteiger partial charge in [0.25, 0.3) is 0 Å². The van der Waals surface area contributed by atoms with Crippen LogP contribution in [0.5, 0.6) is 0 Å². The van der Waals surface area contributed by atoms with Gasteiger partial charge in [0.2, 0.25) is 0 Å². The summed E-state index contributed by atoms with van der Waals surface area (Å²) in [5.41, 5.74) is 5.33. The highest BCUT2D eigenvalue weighted by molar-refractivity contribution is 14.1. The standard InChI is InChI=1S/C6H14IN/c1-2-6(7)4-3-5-8/h6H,2-5,8H2,1H3. The van der Waals surface area contributed by atoms with Gasteiger partial charge < -0.3 is 5.73 Å². The van der Waals surface area contributed by atoms with E-state index in [-0.39, 0.29) is 0 Å². The molecule has 50 valence electrons. The number of hydrogen-bond donors (Lipinski definition) is 1. The second kappa shape index (κ2) is 5.82. The number of nitrogens with two attached hydrogens (primary N) is 1. The number of halogens is 1. The summed E-state index contributed by atoms with van der Waals surface area (Å²) in [5.74, 6) is 0. The molecule has 1 nitrogen and oxygen atoms in total. The highest BCUT2D eigenvalue weighted by Crippen LogP contribution is 2.10. The maximum atomic E-state index is 5.33. The van der Waals surface area contributed by atoms with Crippen molar-refractivity contribution in [1.82, 2.24) is 0 Å². The lowest BCUT2D eigenvalue weighted by atomic mass is 10.2. The van der Waals surface area contributed by atoms with Crippen molar-refractivity contribution >= 4 is 22.6 Å². The molecule has 0 aromatic carbocycles. The quantitative estimate of drug-likeness (QED) is 0.576. The minimum absolute atomic E-state index is 0.844. The van der Waals surface area contributed by atoms with Crippen molar-refractivity contribution in [3.63, 3.8) is 0 Å². The molecule has 0 aliphatic rings. The minimum atomic E-state index is 0.844. The summed E-state index contributed by atoms with van der Waals surface area (Å²) in [5, 5.41) is 0. The Kier molecular flexibility index (Phi) is 6.32. The van der Waals surface area contributed by atoms with E-state index in [1.807, 2.05) is 0 Å². The van der Waals surface area contributed by atoms with E-state index in [4.69, 9.17) is 5.73 Å². The molecule has 0 bridgehead atoms. The van der Waals surface area contributed by atoms with E-state index in [9.17, 15) is 0 Å². The van der Waals surface area contributed by atoms with Crippen molar-refractivity contribution in [2.75, 3.05) is 6.54 Å². The van der Waals surface area contributed by atoms with Gasteiger partial charge in [0, 0.05) is 3.92 Å². The van der Waals surface area contributed by atoms with Crippen LogP contribution in [0.2, 0.25) is 0 Å². The molecular formula is C6H14IN. The molecule has 0 aliphatic carbocycles. The maximum Gasteiger partial charge on any atom is 0.0107 e. The van der Waals surface area contributed by atoms with Crippen LogP contribution in [-0.2, 0) is 0 Å². The Morgan fingerprint density at radius 2 is 2.25 bits per heavy atom. The molecule has 0 amide bonds. The molecule has 2 N–H and O–H groups in total. The van der Waals surface area contributed by atoms with E-state index in [1.165, 1.54) is 19.3 Å². The van der Waals surface area contributed by atoms with Crippen molar-refractivity contribution in [3.8, 4) is 0 Å². The first-order chi connectivity index (χ1) is 3.81. The van der Waals surface area contributed by atoms with Gasteiger partial charge >= 0.3 is 0 Å². The van der Waals surface area contributed by atoms with Gasteiger partial charge in [-0.2, -0.15) is 0 Å². The maximum absolute atomic E-state index is 5.33. The van der Waals surface area contributed by atoms with Crippen LogP contribution in [0.15, 0.2) is 0 Å². The molecule has 1 atom stereocenters. The molecule has 0 aromatic rings. The zero-order valence-electron chi connectivity index (χ0n) is 5.36. The highest BCUT2D eigenvalue weighted by Gasteiger charge is 1.96. The average Bonchev–Trinajstić information content (AvgIpc) is 1.83. The Morgan fingerprint density at radius 3 is 2.62 bits per heavy atom. The van der Waals surface area contributed by atoms with Gasteiger partial charge in [-0.15, -0.1) is 0 Å². The Hall–Kier alpha value is 0.690. The molecule has 2 heteroatoms. The molecule has 0 fully saturated rings. The van der Waals surface area contributed by atoms with Gasteiger partial charge in [-0.25, -0.2) is 0 Å². The lowest BCUT2D eigenvalue weighted by Crippen LogP contribution is -2.02. The molecule has 0 heterocycles. The molecule has 0 rings (SSSR count). The summed E-state index contributed by atoms with van der Waals surface area (Å²) in [7, 11) is 0. The summed E-state index contributed by atoms with van der Waals surface area (Å²) in [6, 6.07) is 0. The molecule has 0 radical (unpaired) electrons. The molecule has 0 spiro atoms. The Bertz CT molecular complexity index is 47.8. The third-order valence-corrected chi connectivity index (χ3v) is 2.67. The van der Waals surface area contributed by atoms with Crippen LogP contribution in [0.3, 0.4) is 0 Å². The van der Waals surface area contributed by atoms with E-state index in [1.54, 1.807) is 0 Å². The largest absolute Gasteiger partial charge is 0.330 e. The summed E-state index contributed by atoms with van der Waals surface area (Å²) >= 11 is 2.47. The Labute approximate surface area is 65.2 Å². The van der Waals surface area contributed by atoms with Gasteiger partial charge in [0.1, 0.15) is 0 Å². The topological polar surface area (TPSA) is 26.0 Å². The highest BCUT2D eigenvalue weighted by atomic mass is 127. The van der Waals surface area contributed by atoms with E-state index in [0.717, 1.165) is 10.5 Å². The summed E-state index contributed by atoms with van der Waals surface area (Å²) < 4.78 is 0.844. The molecule has 0 saturated carbocycles. The van der Waals surface area contributed by atoms with Crippen molar-refractivity contribution in [1.29, 1.82) is 0 Å². The van der Waals surface area contributed by atoms with Gasteiger partial charge in [-0.3, -0.25) is 0 Å². The summed E-state index contributed by atoms with van der Waals surface area (Å²) in [6.07, 6.45) is 3.75. The van der Waals surface area contributed by atoms with Crippen molar-refractivity contribution in [2.45, 2.75) is 30.1 Å². The molecule has 0 aliphatic heterocycles. The molecule has 8 heavy (non-hydrogen) atoms. The van der Waals surface area contributed by atoms with Gasteiger partial charge in [-0.1, -0.05) is 29.5 Å². The predicted molar refractivity (Wildman–Crippen MR) is 46.4 cm³/mol. The first kappa shape index (κ1) is 8.69. The molecular weight excluding hydrogens is 213 g/mol. The smallest absolute Gasteiger partial charge is 0.0107 e. The second-order valence-electron chi connectivity index (χ2n) is 1.94. The number of rotatable bonds is 4. The average molecular weight is 227 g/mol. The zero-order chi connectivity index (χ0) is 6.41. The fraction of sp³-hybridized carbons (Fsp3) is 1.00. The lowest BCUT2D eigenvalue weighted by Gasteiger charge is -2.02. The van der Waals surface area contributed by atoms with Gasteiger partial charge in [-0.05, 0) is 25.8 Å². The summed E-state index contributed by atoms with van der Waals surface area (Å²) in [4.78, 5) is 0. The van der Waals surface area contributed by atoms with E-state index < -0.39 is 0 Å². The Balaban J connectivity index is 2.86. The van der Waals surface area contributed by atoms with Crippen molar-refractivity contribution < 1.29 is 0 Å². The van der Waals surface area contributed by atoms with Crippen molar-refractivity contribution in [2.24, 2.45) is 5.73 Å². The van der Waals surface area contributed by atoms with E-state index >= 15 is 0 Å². The molecule has 1 unspecified atom stereocenters. The Morgan fingerprint density at radius 1 is 1.62 bits per heavy atom. The third-order valence-electron chi connectivity index (χ3n) is 1.16. The first-order valence-corrected chi connectivity index (χ1v) is 4.40. The molecule has 0 aromatic heterocycles. The van der Waals surface area contributed by atoms with Crippen molar-refractivity contribution in [3.05, 3.63) is 0 Å². The number of alkyl halides is 1. The van der Waals surface area contributed by atoms with Crippen LogP contribution in [0, 0.1) is 0 Å². The second-order valence-corrected chi connectivity index (χ2v) is 3.70. The number of hydrogen-bond acceptors (Lipinski definition) is 1. The van der Waals surface area contributed by atoms with Crippen LogP contribution in [0.25, 0.3) is 0 Å². The van der Waals surface area contributed by atoms with Crippen LogP contribution in [-0.4, -0.2) is 10.5 Å². The minimum Gasteiger partial charge on any atom is -0.330 e.